The van der Waals surface area contributed by atoms with E-state index in [1.165, 1.54) is 5.56 Å². The minimum absolute atomic E-state index is 0.179. The van der Waals surface area contributed by atoms with Crippen LogP contribution in [0.2, 0.25) is 0 Å². The van der Waals surface area contributed by atoms with Crippen molar-refractivity contribution < 1.29 is 9.47 Å². The lowest BCUT2D eigenvalue weighted by molar-refractivity contribution is 0.0771. The van der Waals surface area contributed by atoms with E-state index in [9.17, 15) is 0 Å². The van der Waals surface area contributed by atoms with Crippen molar-refractivity contribution in [3.8, 4) is 5.75 Å². The molecule has 1 aromatic carbocycles. The first-order valence-electron chi connectivity index (χ1n) is 6.14. The van der Waals surface area contributed by atoms with Crippen LogP contribution in [0.15, 0.2) is 54.9 Å². The van der Waals surface area contributed by atoms with Crippen LogP contribution in [0.3, 0.4) is 0 Å². The van der Waals surface area contributed by atoms with Crippen LogP contribution in [-0.2, 0) is 11.3 Å². The van der Waals surface area contributed by atoms with Crippen molar-refractivity contribution in [3.05, 3.63) is 60.4 Å². The van der Waals surface area contributed by atoms with Crippen LogP contribution in [-0.4, -0.2) is 17.2 Å². The molecule has 1 aliphatic rings. The van der Waals surface area contributed by atoms with Gasteiger partial charge in [-0.05, 0) is 17.7 Å². The summed E-state index contributed by atoms with van der Waals surface area (Å²) in [4.78, 5) is 4.02. The molecule has 0 N–H and O–H groups in total. The number of rotatable bonds is 5. The van der Waals surface area contributed by atoms with Gasteiger partial charge in [0, 0.05) is 12.6 Å². The quantitative estimate of drug-likeness (QED) is 0.806. The van der Waals surface area contributed by atoms with Crippen molar-refractivity contribution >= 4 is 0 Å². The molecule has 2 unspecified atom stereocenters. The SMILES string of the molecule is c1ccc(COC2CC2Oc2cccnc2)cc1. The highest BCUT2D eigenvalue weighted by Gasteiger charge is 2.40. The maximum atomic E-state index is 5.78. The summed E-state index contributed by atoms with van der Waals surface area (Å²) >= 11 is 0. The van der Waals surface area contributed by atoms with Gasteiger partial charge in [0.15, 0.2) is 0 Å². The lowest BCUT2D eigenvalue weighted by Gasteiger charge is -2.06. The molecule has 92 valence electrons. The van der Waals surface area contributed by atoms with Crippen LogP contribution in [0.1, 0.15) is 12.0 Å². The molecule has 0 radical (unpaired) electrons. The monoisotopic (exact) mass is 241 g/mol. The Bertz CT molecular complexity index is 486. The van der Waals surface area contributed by atoms with E-state index in [2.05, 4.69) is 17.1 Å². The maximum Gasteiger partial charge on any atom is 0.138 e. The van der Waals surface area contributed by atoms with E-state index in [4.69, 9.17) is 9.47 Å². The molecule has 2 aromatic rings. The molecular formula is C15H15NO2. The van der Waals surface area contributed by atoms with Gasteiger partial charge >= 0.3 is 0 Å². The topological polar surface area (TPSA) is 31.4 Å². The van der Waals surface area contributed by atoms with Gasteiger partial charge in [-0.25, -0.2) is 0 Å². The number of hydrogen-bond donors (Lipinski definition) is 0. The summed E-state index contributed by atoms with van der Waals surface area (Å²) in [6.45, 7) is 0.651. The Hall–Kier alpha value is -1.87. The molecule has 1 saturated carbocycles. The van der Waals surface area contributed by atoms with Gasteiger partial charge in [0.2, 0.25) is 0 Å². The second-order valence-corrected chi connectivity index (χ2v) is 4.42. The Morgan fingerprint density at radius 2 is 1.94 bits per heavy atom. The van der Waals surface area contributed by atoms with Crippen molar-refractivity contribution in [2.45, 2.75) is 25.2 Å². The predicted octanol–water partition coefficient (Wildman–Crippen LogP) is 2.82. The summed E-state index contributed by atoms with van der Waals surface area (Å²) in [6.07, 6.45) is 4.82. The van der Waals surface area contributed by atoms with Crippen LogP contribution < -0.4 is 4.74 Å². The Balaban J connectivity index is 1.45. The van der Waals surface area contributed by atoms with E-state index in [0.29, 0.717) is 6.61 Å². The van der Waals surface area contributed by atoms with Crippen molar-refractivity contribution in [2.24, 2.45) is 0 Å². The minimum atomic E-state index is 0.179. The number of pyridine rings is 1. The largest absolute Gasteiger partial charge is 0.486 e. The van der Waals surface area contributed by atoms with Gasteiger partial charge in [0.25, 0.3) is 0 Å². The molecule has 1 fully saturated rings. The van der Waals surface area contributed by atoms with Crippen LogP contribution in [0, 0.1) is 0 Å². The molecular weight excluding hydrogens is 226 g/mol. The van der Waals surface area contributed by atoms with Gasteiger partial charge < -0.3 is 9.47 Å². The number of benzene rings is 1. The van der Waals surface area contributed by atoms with Crippen LogP contribution >= 0.6 is 0 Å². The van der Waals surface area contributed by atoms with Crippen LogP contribution in [0.5, 0.6) is 5.75 Å². The van der Waals surface area contributed by atoms with Crippen molar-refractivity contribution in [1.29, 1.82) is 0 Å². The van der Waals surface area contributed by atoms with Crippen molar-refractivity contribution in [1.82, 2.24) is 4.98 Å². The van der Waals surface area contributed by atoms with Gasteiger partial charge in [-0.1, -0.05) is 30.3 Å². The molecule has 2 atom stereocenters. The first-order chi connectivity index (χ1) is 8.92. The van der Waals surface area contributed by atoms with E-state index in [1.54, 1.807) is 12.4 Å². The number of ether oxygens (including phenoxy) is 2. The van der Waals surface area contributed by atoms with Crippen molar-refractivity contribution in [2.75, 3.05) is 0 Å². The summed E-state index contributed by atoms with van der Waals surface area (Å²) in [7, 11) is 0. The van der Waals surface area contributed by atoms with Crippen LogP contribution in [0.25, 0.3) is 0 Å². The summed E-state index contributed by atoms with van der Waals surface area (Å²) < 4.78 is 11.5. The van der Waals surface area contributed by atoms with E-state index >= 15 is 0 Å². The Morgan fingerprint density at radius 1 is 1.06 bits per heavy atom. The van der Waals surface area contributed by atoms with E-state index < -0.39 is 0 Å². The third kappa shape index (κ3) is 2.87. The second-order valence-electron chi connectivity index (χ2n) is 4.42. The smallest absolute Gasteiger partial charge is 0.138 e. The van der Waals surface area contributed by atoms with Gasteiger partial charge in [-0.2, -0.15) is 0 Å². The predicted molar refractivity (Wildman–Crippen MR) is 68.3 cm³/mol. The Kier molecular flexibility index (Phi) is 3.24. The number of nitrogens with zero attached hydrogens (tertiary/aromatic N) is 1. The zero-order valence-corrected chi connectivity index (χ0v) is 10.0. The zero-order valence-electron chi connectivity index (χ0n) is 10.0. The fraction of sp³-hybridized carbons (Fsp3) is 0.267. The highest BCUT2D eigenvalue weighted by Crippen LogP contribution is 2.31. The number of aromatic nitrogens is 1. The normalized spacial score (nSPS) is 21.6. The van der Waals surface area contributed by atoms with E-state index in [-0.39, 0.29) is 12.2 Å². The Morgan fingerprint density at radius 3 is 2.72 bits per heavy atom. The molecule has 3 rings (SSSR count). The third-order valence-corrected chi connectivity index (χ3v) is 2.90. The highest BCUT2D eigenvalue weighted by molar-refractivity contribution is 5.18. The molecule has 1 aromatic heterocycles. The minimum Gasteiger partial charge on any atom is -0.486 e. The summed E-state index contributed by atoms with van der Waals surface area (Å²) in [6, 6.07) is 14.0. The fourth-order valence-electron chi connectivity index (χ4n) is 1.82. The number of hydrogen-bond acceptors (Lipinski definition) is 3. The average molecular weight is 241 g/mol. The molecule has 0 aliphatic heterocycles. The van der Waals surface area contributed by atoms with E-state index in [1.807, 2.05) is 30.3 Å². The van der Waals surface area contributed by atoms with Crippen LogP contribution in [0.4, 0.5) is 0 Å². The lowest BCUT2D eigenvalue weighted by atomic mass is 10.2. The zero-order chi connectivity index (χ0) is 12.2. The first-order valence-corrected chi connectivity index (χ1v) is 6.14. The lowest BCUT2D eigenvalue weighted by Crippen LogP contribution is -2.06. The molecule has 18 heavy (non-hydrogen) atoms. The molecule has 1 aliphatic carbocycles. The maximum absolute atomic E-state index is 5.78. The highest BCUT2D eigenvalue weighted by atomic mass is 16.6. The van der Waals surface area contributed by atoms with Gasteiger partial charge in [0.1, 0.15) is 11.9 Å². The van der Waals surface area contributed by atoms with Gasteiger partial charge in [-0.3, -0.25) is 4.98 Å². The second kappa shape index (κ2) is 5.19. The molecule has 3 heteroatoms. The standard InChI is InChI=1S/C15H15NO2/c1-2-5-12(6-3-1)11-17-14-9-15(14)18-13-7-4-8-16-10-13/h1-8,10,14-15H,9,11H2. The molecule has 1 heterocycles. The van der Waals surface area contributed by atoms with Crippen molar-refractivity contribution in [3.63, 3.8) is 0 Å². The molecule has 0 amide bonds. The molecule has 3 nitrogen and oxygen atoms in total. The summed E-state index contributed by atoms with van der Waals surface area (Å²) in [5.41, 5.74) is 1.20. The average Bonchev–Trinajstić information content (AvgIpc) is 3.17. The van der Waals surface area contributed by atoms with E-state index in [0.717, 1.165) is 12.2 Å². The first kappa shape index (κ1) is 11.2. The Labute approximate surface area is 106 Å². The summed E-state index contributed by atoms with van der Waals surface area (Å²) in [5.74, 6) is 0.813. The molecule has 0 bridgehead atoms. The van der Waals surface area contributed by atoms with Gasteiger partial charge in [-0.15, -0.1) is 0 Å². The fourth-order valence-corrected chi connectivity index (χ4v) is 1.82. The summed E-state index contributed by atoms with van der Waals surface area (Å²) in [5, 5.41) is 0. The molecule has 0 spiro atoms. The molecule has 0 saturated heterocycles. The van der Waals surface area contributed by atoms with Gasteiger partial charge in [0.05, 0.1) is 18.9 Å². The third-order valence-electron chi connectivity index (χ3n) is 2.90.